The molecule has 146 valence electrons. The summed E-state index contributed by atoms with van der Waals surface area (Å²) in [5.74, 6) is -0.752. The van der Waals surface area contributed by atoms with Crippen LogP contribution in [0.1, 0.15) is 66.7 Å². The lowest BCUT2D eigenvalue weighted by molar-refractivity contribution is -0.159. The van der Waals surface area contributed by atoms with Crippen molar-refractivity contribution >= 4 is 5.97 Å². The summed E-state index contributed by atoms with van der Waals surface area (Å²) in [5.41, 5.74) is 1.09. The minimum Gasteiger partial charge on any atom is -0.508 e. The predicted octanol–water partition coefficient (Wildman–Crippen LogP) is 5.01. The fourth-order valence-electron chi connectivity index (χ4n) is 5.45. The van der Waals surface area contributed by atoms with Crippen molar-refractivity contribution in [1.29, 1.82) is 0 Å². The third-order valence-electron chi connectivity index (χ3n) is 6.54. The SMILES string of the molecule is C=C(O)/C(=C\C1=C([C@@H](C)O)[C@@]2(C(=O)O)CCCC(C)(C)C2CC1)C(C)C. The van der Waals surface area contributed by atoms with Crippen molar-refractivity contribution < 1.29 is 20.1 Å². The molecule has 1 fully saturated rings. The molecule has 3 N–H and O–H groups in total. The molecule has 0 radical (unpaired) electrons. The Hall–Kier alpha value is -1.55. The lowest BCUT2D eigenvalue weighted by Crippen LogP contribution is -2.53. The number of aliphatic hydroxyl groups excluding tert-OH is 2. The standard InChI is InChI=1S/C22H34O4/c1-13(2)17(14(3)23)12-16-8-9-18-21(5,6)10-7-11-22(18,20(25)26)19(16)15(4)24/h12-13,15,18,23-24H,3,7-11H2,1-2,4-6H3,(H,25,26)/b17-12-/t15-,18?,22-/m1/s1. The first-order valence-corrected chi connectivity index (χ1v) is 9.70. The fourth-order valence-corrected chi connectivity index (χ4v) is 5.45. The number of carboxylic acid groups (broad SMARTS) is 1. The van der Waals surface area contributed by atoms with E-state index in [1.54, 1.807) is 6.92 Å². The van der Waals surface area contributed by atoms with Gasteiger partial charge >= 0.3 is 5.97 Å². The van der Waals surface area contributed by atoms with E-state index < -0.39 is 17.5 Å². The van der Waals surface area contributed by atoms with E-state index in [0.29, 0.717) is 24.0 Å². The highest BCUT2D eigenvalue weighted by Gasteiger charge is 2.58. The molecule has 26 heavy (non-hydrogen) atoms. The highest BCUT2D eigenvalue weighted by Crippen LogP contribution is 2.60. The molecule has 1 unspecified atom stereocenters. The fraction of sp³-hybridized carbons (Fsp3) is 0.682. The number of aliphatic carboxylic acids is 1. The Morgan fingerprint density at radius 1 is 1.23 bits per heavy atom. The Labute approximate surface area is 157 Å². The van der Waals surface area contributed by atoms with Gasteiger partial charge in [-0.05, 0) is 66.6 Å². The van der Waals surface area contributed by atoms with E-state index in [4.69, 9.17) is 0 Å². The highest BCUT2D eigenvalue weighted by atomic mass is 16.4. The van der Waals surface area contributed by atoms with Crippen LogP contribution in [0, 0.1) is 22.7 Å². The van der Waals surface area contributed by atoms with Gasteiger partial charge in [0.25, 0.3) is 0 Å². The molecular formula is C22H34O4. The summed E-state index contributed by atoms with van der Waals surface area (Å²) in [6, 6.07) is 0. The number of aliphatic hydroxyl groups is 2. The van der Waals surface area contributed by atoms with Crippen LogP contribution in [0.15, 0.2) is 35.1 Å². The van der Waals surface area contributed by atoms with Crippen LogP contribution in [0.25, 0.3) is 0 Å². The van der Waals surface area contributed by atoms with E-state index >= 15 is 0 Å². The first-order valence-electron chi connectivity index (χ1n) is 9.70. The maximum Gasteiger partial charge on any atom is 0.314 e. The van der Waals surface area contributed by atoms with E-state index in [1.165, 1.54) is 0 Å². The molecule has 1 saturated carbocycles. The van der Waals surface area contributed by atoms with E-state index in [1.807, 2.05) is 19.9 Å². The Kier molecular flexibility index (Phi) is 5.77. The van der Waals surface area contributed by atoms with Gasteiger partial charge in [0.05, 0.1) is 11.5 Å². The number of hydrogen-bond donors (Lipinski definition) is 3. The van der Waals surface area contributed by atoms with Crippen molar-refractivity contribution in [3.63, 3.8) is 0 Å². The van der Waals surface area contributed by atoms with Crippen LogP contribution < -0.4 is 0 Å². The topological polar surface area (TPSA) is 77.8 Å². The Morgan fingerprint density at radius 3 is 2.31 bits per heavy atom. The van der Waals surface area contributed by atoms with Gasteiger partial charge in [0.1, 0.15) is 5.76 Å². The van der Waals surface area contributed by atoms with Gasteiger partial charge < -0.3 is 15.3 Å². The molecule has 0 bridgehead atoms. The van der Waals surface area contributed by atoms with Crippen molar-refractivity contribution in [2.45, 2.75) is 72.8 Å². The van der Waals surface area contributed by atoms with Gasteiger partial charge in [0, 0.05) is 0 Å². The number of allylic oxidation sites excluding steroid dienone is 3. The van der Waals surface area contributed by atoms with E-state index in [-0.39, 0.29) is 23.0 Å². The number of fused-ring (bicyclic) bond motifs is 1. The number of hydrogen-bond acceptors (Lipinski definition) is 3. The second-order valence-electron chi connectivity index (χ2n) is 9.03. The van der Waals surface area contributed by atoms with Crippen molar-refractivity contribution in [3.05, 3.63) is 35.1 Å². The minimum atomic E-state index is -1.03. The van der Waals surface area contributed by atoms with Crippen LogP contribution in [0.5, 0.6) is 0 Å². The second-order valence-corrected chi connectivity index (χ2v) is 9.03. The molecule has 0 amide bonds. The zero-order chi connectivity index (χ0) is 19.9. The summed E-state index contributed by atoms with van der Waals surface area (Å²) in [7, 11) is 0. The molecule has 4 nitrogen and oxygen atoms in total. The zero-order valence-corrected chi connectivity index (χ0v) is 16.8. The Bertz CT molecular complexity index is 651. The van der Waals surface area contributed by atoms with Crippen LogP contribution >= 0.6 is 0 Å². The molecule has 0 spiro atoms. The molecule has 0 aromatic carbocycles. The van der Waals surface area contributed by atoms with Gasteiger partial charge in [-0.2, -0.15) is 0 Å². The summed E-state index contributed by atoms with van der Waals surface area (Å²) >= 11 is 0. The summed E-state index contributed by atoms with van der Waals surface area (Å²) in [4.78, 5) is 12.6. The van der Waals surface area contributed by atoms with Crippen molar-refractivity contribution in [2.24, 2.45) is 22.7 Å². The molecule has 4 heteroatoms. The molecular weight excluding hydrogens is 328 g/mol. The summed E-state index contributed by atoms with van der Waals surface area (Å²) in [6.45, 7) is 13.6. The predicted molar refractivity (Wildman–Crippen MR) is 104 cm³/mol. The Balaban J connectivity index is 2.75. The third kappa shape index (κ3) is 3.36. The molecule has 2 rings (SSSR count). The summed E-state index contributed by atoms with van der Waals surface area (Å²) in [6.07, 6.45) is 4.94. The average molecular weight is 363 g/mol. The third-order valence-corrected chi connectivity index (χ3v) is 6.54. The first kappa shape index (κ1) is 20.8. The monoisotopic (exact) mass is 362 g/mol. The lowest BCUT2D eigenvalue weighted by Gasteiger charge is -2.54. The minimum absolute atomic E-state index is 0.00262. The normalized spacial score (nSPS) is 30.1. The zero-order valence-electron chi connectivity index (χ0n) is 16.8. The quantitative estimate of drug-likeness (QED) is 0.474. The molecule has 0 heterocycles. The first-order chi connectivity index (χ1) is 11.9. The lowest BCUT2D eigenvalue weighted by atomic mass is 9.48. The van der Waals surface area contributed by atoms with Gasteiger partial charge in [-0.25, -0.2) is 0 Å². The van der Waals surface area contributed by atoms with Crippen LogP contribution in [0.3, 0.4) is 0 Å². The average Bonchev–Trinajstić information content (AvgIpc) is 2.50. The summed E-state index contributed by atoms with van der Waals surface area (Å²) in [5, 5.41) is 30.9. The van der Waals surface area contributed by atoms with E-state index in [2.05, 4.69) is 20.4 Å². The van der Waals surface area contributed by atoms with Gasteiger partial charge in [-0.3, -0.25) is 4.79 Å². The molecule has 2 aliphatic carbocycles. The van der Waals surface area contributed by atoms with Crippen molar-refractivity contribution in [3.8, 4) is 0 Å². The van der Waals surface area contributed by atoms with Crippen molar-refractivity contribution in [2.75, 3.05) is 0 Å². The molecule has 2 aliphatic rings. The van der Waals surface area contributed by atoms with E-state index in [9.17, 15) is 20.1 Å². The van der Waals surface area contributed by atoms with Crippen LogP contribution in [0.4, 0.5) is 0 Å². The number of rotatable bonds is 5. The largest absolute Gasteiger partial charge is 0.508 e. The van der Waals surface area contributed by atoms with E-state index in [0.717, 1.165) is 24.8 Å². The smallest absolute Gasteiger partial charge is 0.314 e. The highest BCUT2D eigenvalue weighted by molar-refractivity contribution is 5.81. The van der Waals surface area contributed by atoms with Gasteiger partial charge in [-0.15, -0.1) is 0 Å². The second kappa shape index (κ2) is 7.22. The van der Waals surface area contributed by atoms with Gasteiger partial charge in [-0.1, -0.05) is 46.8 Å². The van der Waals surface area contributed by atoms with Crippen LogP contribution in [0.2, 0.25) is 0 Å². The van der Waals surface area contributed by atoms with Gasteiger partial charge in [0.2, 0.25) is 0 Å². The molecule has 0 saturated heterocycles. The van der Waals surface area contributed by atoms with Crippen LogP contribution in [-0.2, 0) is 4.79 Å². The molecule has 0 aliphatic heterocycles. The number of carbonyl (C=O) groups is 1. The maximum absolute atomic E-state index is 12.6. The van der Waals surface area contributed by atoms with Gasteiger partial charge in [0.15, 0.2) is 0 Å². The van der Waals surface area contributed by atoms with Crippen molar-refractivity contribution in [1.82, 2.24) is 0 Å². The molecule has 0 aromatic heterocycles. The molecule has 0 aromatic rings. The Morgan fingerprint density at radius 2 is 1.85 bits per heavy atom. The van der Waals surface area contributed by atoms with Crippen LogP contribution in [-0.4, -0.2) is 27.4 Å². The number of carboxylic acids is 1. The maximum atomic E-state index is 12.6. The molecule has 3 atom stereocenters. The summed E-state index contributed by atoms with van der Waals surface area (Å²) < 4.78 is 0.